The van der Waals surface area contributed by atoms with Crippen LogP contribution in [0.15, 0.2) is 53.6 Å². The molecule has 1 aromatic heterocycles. The van der Waals surface area contributed by atoms with E-state index in [1.165, 1.54) is 13.2 Å². The Balaban J connectivity index is 1.74. The molecule has 2 aromatic carbocycles. The normalized spacial score (nSPS) is 11.4. The highest BCUT2D eigenvalue weighted by Crippen LogP contribution is 2.25. The van der Waals surface area contributed by atoms with E-state index in [-0.39, 0.29) is 4.90 Å². The van der Waals surface area contributed by atoms with Gasteiger partial charge in [0.05, 0.1) is 29.8 Å². The zero-order chi connectivity index (χ0) is 20.3. The number of aryl methyl sites for hydroxylation is 2. The van der Waals surface area contributed by atoms with Crippen LogP contribution in [0.5, 0.6) is 5.75 Å². The average molecular weight is 399 g/mol. The van der Waals surface area contributed by atoms with Gasteiger partial charge in [-0.2, -0.15) is 0 Å². The van der Waals surface area contributed by atoms with Gasteiger partial charge in [0.15, 0.2) is 0 Å². The van der Waals surface area contributed by atoms with Crippen LogP contribution in [0.4, 0.5) is 5.69 Å². The maximum Gasteiger partial charge on any atom is 0.241 e. The molecule has 1 heterocycles. The highest BCUT2D eigenvalue weighted by Gasteiger charge is 2.20. The number of ether oxygens (including phenoxy) is 1. The number of carbonyl (C=O) groups is 1. The first kappa shape index (κ1) is 19.8. The van der Waals surface area contributed by atoms with Crippen molar-refractivity contribution in [3.8, 4) is 5.75 Å². The summed E-state index contributed by atoms with van der Waals surface area (Å²) >= 11 is 0. The van der Waals surface area contributed by atoms with Crippen LogP contribution < -0.4 is 14.8 Å². The number of hydrogen-bond acceptors (Lipinski definition) is 5. The molecule has 0 saturated heterocycles. The fourth-order valence-corrected chi connectivity index (χ4v) is 4.20. The molecule has 3 aromatic rings. The van der Waals surface area contributed by atoms with Crippen LogP contribution >= 0.6 is 0 Å². The number of anilines is 1. The Morgan fingerprint density at radius 1 is 1.11 bits per heavy atom. The molecule has 0 aliphatic rings. The Bertz CT molecular complexity index is 1140. The first-order valence-corrected chi connectivity index (χ1v) is 10.1. The monoisotopic (exact) mass is 399 g/mol. The Kier molecular flexibility index (Phi) is 5.62. The predicted molar refractivity (Wildman–Crippen MR) is 108 cm³/mol. The Morgan fingerprint density at radius 3 is 2.61 bits per heavy atom. The molecule has 8 heteroatoms. The minimum atomic E-state index is -3.85. The van der Waals surface area contributed by atoms with Gasteiger partial charge in [-0.1, -0.05) is 18.2 Å². The van der Waals surface area contributed by atoms with Crippen molar-refractivity contribution in [3.05, 3.63) is 59.8 Å². The number of pyridine rings is 1. The van der Waals surface area contributed by atoms with Gasteiger partial charge in [0.2, 0.25) is 15.9 Å². The van der Waals surface area contributed by atoms with Crippen molar-refractivity contribution in [3.63, 3.8) is 0 Å². The largest absolute Gasteiger partial charge is 0.496 e. The number of methoxy groups -OCH3 is 1. The molecule has 1 amide bonds. The second kappa shape index (κ2) is 7.95. The van der Waals surface area contributed by atoms with Gasteiger partial charge < -0.3 is 10.1 Å². The first-order chi connectivity index (χ1) is 13.3. The summed E-state index contributed by atoms with van der Waals surface area (Å²) in [5.41, 5.74) is 2.40. The standard InChI is InChI=1S/C20H21N3O4S/c1-13-11-18(14(2)10-17(13)27-3)28(25,26)22-12-19(24)23-16-8-4-6-15-7-5-9-21-20(15)16/h4-11,22H,12H2,1-3H3,(H,23,24). The lowest BCUT2D eigenvalue weighted by Crippen LogP contribution is -2.33. The number of nitrogens with one attached hydrogen (secondary N) is 2. The van der Waals surface area contributed by atoms with Gasteiger partial charge in [-0.25, -0.2) is 13.1 Å². The van der Waals surface area contributed by atoms with E-state index in [4.69, 9.17) is 4.74 Å². The van der Waals surface area contributed by atoms with Gasteiger partial charge in [-0.3, -0.25) is 9.78 Å². The third-order valence-electron chi connectivity index (χ3n) is 4.31. The van der Waals surface area contributed by atoms with E-state index >= 15 is 0 Å². The van der Waals surface area contributed by atoms with Crippen LogP contribution in [0.25, 0.3) is 10.9 Å². The van der Waals surface area contributed by atoms with Gasteiger partial charge in [0.1, 0.15) is 5.75 Å². The van der Waals surface area contributed by atoms with Crippen molar-refractivity contribution in [2.24, 2.45) is 0 Å². The van der Waals surface area contributed by atoms with Gasteiger partial charge in [0, 0.05) is 11.6 Å². The molecule has 0 atom stereocenters. The zero-order valence-corrected chi connectivity index (χ0v) is 16.6. The summed E-state index contributed by atoms with van der Waals surface area (Å²) in [5, 5.41) is 3.58. The molecule has 3 rings (SSSR count). The number of para-hydroxylation sites is 1. The number of aromatic nitrogens is 1. The number of nitrogens with zero attached hydrogens (tertiary/aromatic N) is 1. The lowest BCUT2D eigenvalue weighted by molar-refractivity contribution is -0.115. The smallest absolute Gasteiger partial charge is 0.241 e. The van der Waals surface area contributed by atoms with Crippen molar-refractivity contribution in [2.75, 3.05) is 19.0 Å². The predicted octanol–water partition coefficient (Wildman–Crippen LogP) is 2.78. The molecule has 0 bridgehead atoms. The summed E-state index contributed by atoms with van der Waals surface area (Å²) in [5.74, 6) is 0.127. The van der Waals surface area contributed by atoms with Gasteiger partial charge >= 0.3 is 0 Å². The molecule has 2 N–H and O–H groups in total. The average Bonchev–Trinajstić information content (AvgIpc) is 2.68. The van der Waals surface area contributed by atoms with E-state index in [0.29, 0.717) is 28.1 Å². The van der Waals surface area contributed by atoms with E-state index in [0.717, 1.165) is 5.39 Å². The number of amides is 1. The molecule has 0 unspecified atom stereocenters. The highest BCUT2D eigenvalue weighted by atomic mass is 32.2. The van der Waals surface area contributed by atoms with Crippen LogP contribution in [0.3, 0.4) is 0 Å². The second-order valence-corrected chi connectivity index (χ2v) is 8.08. The molecule has 0 aliphatic heterocycles. The van der Waals surface area contributed by atoms with Crippen molar-refractivity contribution in [2.45, 2.75) is 18.7 Å². The zero-order valence-electron chi connectivity index (χ0n) is 15.8. The Labute approximate surface area is 163 Å². The minimum Gasteiger partial charge on any atom is -0.496 e. The minimum absolute atomic E-state index is 0.116. The van der Waals surface area contributed by atoms with Gasteiger partial charge in [-0.15, -0.1) is 0 Å². The van der Waals surface area contributed by atoms with E-state index in [1.54, 1.807) is 44.3 Å². The number of rotatable bonds is 6. The molecule has 0 saturated carbocycles. The summed E-state index contributed by atoms with van der Waals surface area (Å²) in [6, 6.07) is 12.3. The molecule has 28 heavy (non-hydrogen) atoms. The molecular formula is C20H21N3O4S. The van der Waals surface area contributed by atoms with Crippen molar-refractivity contribution >= 4 is 32.5 Å². The van der Waals surface area contributed by atoms with Crippen molar-refractivity contribution in [1.29, 1.82) is 0 Å². The summed E-state index contributed by atoms with van der Waals surface area (Å²) in [7, 11) is -2.32. The molecule has 7 nitrogen and oxygen atoms in total. The lowest BCUT2D eigenvalue weighted by Gasteiger charge is -2.13. The van der Waals surface area contributed by atoms with Crippen LogP contribution in [0, 0.1) is 13.8 Å². The van der Waals surface area contributed by atoms with E-state index in [1.807, 2.05) is 12.1 Å². The highest BCUT2D eigenvalue weighted by molar-refractivity contribution is 7.89. The molecule has 0 radical (unpaired) electrons. The first-order valence-electron chi connectivity index (χ1n) is 8.60. The number of benzene rings is 2. The summed E-state index contributed by atoms with van der Waals surface area (Å²) in [6.07, 6.45) is 1.63. The van der Waals surface area contributed by atoms with Crippen LogP contribution in [-0.4, -0.2) is 33.0 Å². The van der Waals surface area contributed by atoms with E-state index < -0.39 is 22.5 Å². The van der Waals surface area contributed by atoms with E-state index in [9.17, 15) is 13.2 Å². The van der Waals surface area contributed by atoms with Crippen LogP contribution in [-0.2, 0) is 14.8 Å². The van der Waals surface area contributed by atoms with Crippen LogP contribution in [0.1, 0.15) is 11.1 Å². The lowest BCUT2D eigenvalue weighted by atomic mass is 10.1. The summed E-state index contributed by atoms with van der Waals surface area (Å²) in [6.45, 7) is 3.05. The summed E-state index contributed by atoms with van der Waals surface area (Å²) < 4.78 is 32.8. The van der Waals surface area contributed by atoms with Gasteiger partial charge in [0.25, 0.3) is 0 Å². The quantitative estimate of drug-likeness (QED) is 0.664. The number of hydrogen-bond donors (Lipinski definition) is 2. The number of fused-ring (bicyclic) bond motifs is 1. The fourth-order valence-electron chi connectivity index (χ4n) is 2.91. The third kappa shape index (κ3) is 4.13. The fraction of sp³-hybridized carbons (Fsp3) is 0.200. The molecular weight excluding hydrogens is 378 g/mol. The van der Waals surface area contributed by atoms with Crippen molar-refractivity contribution < 1.29 is 17.9 Å². The third-order valence-corrected chi connectivity index (χ3v) is 5.85. The Morgan fingerprint density at radius 2 is 1.86 bits per heavy atom. The second-order valence-electron chi connectivity index (χ2n) is 6.34. The van der Waals surface area contributed by atoms with Crippen LogP contribution in [0.2, 0.25) is 0 Å². The van der Waals surface area contributed by atoms with Crippen molar-refractivity contribution in [1.82, 2.24) is 9.71 Å². The molecule has 146 valence electrons. The number of sulfonamides is 1. The molecule has 0 fully saturated rings. The Hall–Kier alpha value is -2.97. The van der Waals surface area contributed by atoms with E-state index in [2.05, 4.69) is 15.0 Å². The number of carbonyl (C=O) groups excluding carboxylic acids is 1. The SMILES string of the molecule is COc1cc(C)c(S(=O)(=O)NCC(=O)Nc2cccc3cccnc23)cc1C. The maximum atomic E-state index is 12.6. The maximum absolute atomic E-state index is 12.6. The summed E-state index contributed by atoms with van der Waals surface area (Å²) in [4.78, 5) is 16.7. The molecule has 0 aliphatic carbocycles. The topological polar surface area (TPSA) is 97.4 Å². The molecule has 0 spiro atoms. The van der Waals surface area contributed by atoms with Gasteiger partial charge in [-0.05, 0) is 49.2 Å².